The number of pyridine rings is 1. The van der Waals surface area contributed by atoms with Crippen molar-refractivity contribution in [2.24, 2.45) is 0 Å². The van der Waals surface area contributed by atoms with Gasteiger partial charge in [-0.25, -0.2) is 0 Å². The maximum absolute atomic E-state index is 12.5. The number of halogens is 3. The lowest BCUT2D eigenvalue weighted by molar-refractivity contribution is -0.137. The normalized spacial score (nSPS) is 13.2. The number of hydrogen-bond donors (Lipinski definition) is 1. The van der Waals surface area contributed by atoms with E-state index >= 15 is 0 Å². The van der Waals surface area contributed by atoms with Gasteiger partial charge in [0.2, 0.25) is 0 Å². The van der Waals surface area contributed by atoms with Crippen molar-refractivity contribution in [1.29, 1.82) is 0 Å². The minimum absolute atomic E-state index is 0.0461. The number of benzene rings is 1. The first kappa shape index (κ1) is 15.5. The van der Waals surface area contributed by atoms with Crippen LogP contribution >= 0.6 is 0 Å². The van der Waals surface area contributed by atoms with E-state index in [4.69, 9.17) is 0 Å². The Morgan fingerprint density at radius 1 is 1.14 bits per heavy atom. The topological polar surface area (TPSA) is 24.9 Å². The summed E-state index contributed by atoms with van der Waals surface area (Å²) in [4.78, 5) is 4.05. The molecule has 2 nitrogen and oxygen atoms in total. The number of hydrogen-bond acceptors (Lipinski definition) is 2. The predicted molar refractivity (Wildman–Crippen MR) is 75.9 cm³/mol. The van der Waals surface area contributed by atoms with E-state index in [9.17, 15) is 13.2 Å². The number of nitrogens with one attached hydrogen (secondary N) is 1. The zero-order chi connectivity index (χ0) is 15.5. The molecule has 21 heavy (non-hydrogen) atoms. The highest BCUT2D eigenvalue weighted by Gasteiger charge is 2.30. The lowest BCUT2D eigenvalue weighted by Gasteiger charge is -2.19. The highest BCUT2D eigenvalue weighted by molar-refractivity contribution is 5.30. The number of alkyl halides is 3. The minimum atomic E-state index is -4.29. The Balaban J connectivity index is 2.18. The molecule has 0 bridgehead atoms. The largest absolute Gasteiger partial charge is 0.416 e. The van der Waals surface area contributed by atoms with Gasteiger partial charge in [-0.3, -0.25) is 4.98 Å². The third-order valence-electron chi connectivity index (χ3n) is 3.51. The fourth-order valence-electron chi connectivity index (χ4n) is 2.31. The van der Waals surface area contributed by atoms with Crippen molar-refractivity contribution >= 4 is 0 Å². The summed E-state index contributed by atoms with van der Waals surface area (Å²) in [6.45, 7) is 1.97. The number of aromatic nitrogens is 1. The molecule has 2 rings (SSSR count). The summed E-state index contributed by atoms with van der Waals surface area (Å²) in [6.07, 6.45) is -0.159. The van der Waals surface area contributed by atoms with Gasteiger partial charge in [0.05, 0.1) is 5.56 Å². The molecule has 0 saturated carbocycles. The van der Waals surface area contributed by atoms with Gasteiger partial charge in [-0.15, -0.1) is 0 Å². The van der Waals surface area contributed by atoms with Gasteiger partial charge in [0.25, 0.3) is 0 Å². The molecule has 0 aliphatic heterocycles. The fourth-order valence-corrected chi connectivity index (χ4v) is 2.31. The molecule has 1 N–H and O–H groups in total. The smallest absolute Gasteiger partial charge is 0.313 e. The van der Waals surface area contributed by atoms with Gasteiger partial charge in [0, 0.05) is 18.4 Å². The van der Waals surface area contributed by atoms with Crippen molar-refractivity contribution in [2.45, 2.75) is 25.6 Å². The maximum atomic E-state index is 12.5. The first-order valence-corrected chi connectivity index (χ1v) is 6.65. The van der Waals surface area contributed by atoms with E-state index in [1.807, 2.05) is 20.0 Å². The predicted octanol–water partition coefficient (Wildman–Crippen LogP) is 3.91. The second-order valence-electron chi connectivity index (χ2n) is 4.97. The second kappa shape index (κ2) is 6.26. The highest BCUT2D eigenvalue weighted by atomic mass is 19.4. The monoisotopic (exact) mass is 294 g/mol. The van der Waals surface area contributed by atoms with Crippen molar-refractivity contribution in [3.8, 4) is 0 Å². The van der Waals surface area contributed by atoms with Gasteiger partial charge in [-0.1, -0.05) is 12.1 Å². The van der Waals surface area contributed by atoms with Gasteiger partial charge >= 0.3 is 6.18 Å². The van der Waals surface area contributed by atoms with E-state index in [0.29, 0.717) is 6.42 Å². The van der Waals surface area contributed by atoms with Crippen molar-refractivity contribution in [2.75, 3.05) is 7.05 Å². The first-order chi connectivity index (χ1) is 9.91. The summed E-state index contributed by atoms with van der Waals surface area (Å²) in [5.41, 5.74) is 2.40. The number of aryl methyl sites for hydroxylation is 1. The van der Waals surface area contributed by atoms with Crippen LogP contribution in [0.3, 0.4) is 0 Å². The van der Waals surface area contributed by atoms with Crippen LogP contribution in [0.1, 0.15) is 28.3 Å². The quantitative estimate of drug-likeness (QED) is 0.924. The molecule has 1 aromatic heterocycles. The van der Waals surface area contributed by atoms with E-state index in [-0.39, 0.29) is 6.04 Å². The van der Waals surface area contributed by atoms with E-state index < -0.39 is 11.7 Å². The molecule has 0 saturated heterocycles. The molecule has 0 aliphatic rings. The summed E-state index contributed by atoms with van der Waals surface area (Å²) < 4.78 is 37.6. The standard InChI is InChI=1S/C16H17F3N2/c1-11-10-21-8-7-14(11)15(20-2)9-12-3-5-13(6-4-12)16(17,18)19/h3-8,10,15,20H,9H2,1-2H3. The van der Waals surface area contributed by atoms with E-state index in [1.165, 1.54) is 12.1 Å². The molecule has 112 valence electrons. The molecule has 2 aromatic rings. The molecule has 0 radical (unpaired) electrons. The molecule has 1 atom stereocenters. The van der Waals surface area contributed by atoms with E-state index in [2.05, 4.69) is 10.3 Å². The third kappa shape index (κ3) is 3.82. The second-order valence-corrected chi connectivity index (χ2v) is 4.97. The van der Waals surface area contributed by atoms with Crippen LogP contribution in [0.5, 0.6) is 0 Å². The van der Waals surface area contributed by atoms with Gasteiger partial charge in [-0.2, -0.15) is 13.2 Å². The summed E-state index contributed by atoms with van der Waals surface area (Å²) in [7, 11) is 1.84. The molecule has 0 fully saturated rings. The maximum Gasteiger partial charge on any atom is 0.416 e. The lowest BCUT2D eigenvalue weighted by atomic mass is 9.96. The molecule has 0 aliphatic carbocycles. The van der Waals surface area contributed by atoms with Crippen LogP contribution in [0, 0.1) is 6.92 Å². The van der Waals surface area contributed by atoms with Crippen molar-refractivity contribution in [3.63, 3.8) is 0 Å². The Labute approximate surface area is 122 Å². The summed E-state index contributed by atoms with van der Waals surface area (Å²) >= 11 is 0. The van der Waals surface area contributed by atoms with Crippen molar-refractivity contribution in [3.05, 3.63) is 65.0 Å². The Kier molecular flexibility index (Phi) is 4.63. The Morgan fingerprint density at radius 3 is 2.33 bits per heavy atom. The van der Waals surface area contributed by atoms with Gasteiger partial charge in [0.1, 0.15) is 0 Å². The van der Waals surface area contributed by atoms with Crippen LogP contribution in [0.15, 0.2) is 42.7 Å². The fraction of sp³-hybridized carbons (Fsp3) is 0.312. The summed E-state index contributed by atoms with van der Waals surface area (Å²) in [6, 6.07) is 7.29. The number of likely N-dealkylation sites (N-methyl/N-ethyl adjacent to an activating group) is 1. The van der Waals surface area contributed by atoms with Crippen LogP contribution in [0.25, 0.3) is 0 Å². The molecular formula is C16H17F3N2. The first-order valence-electron chi connectivity index (χ1n) is 6.65. The van der Waals surface area contributed by atoms with Crippen molar-refractivity contribution < 1.29 is 13.2 Å². The average Bonchev–Trinajstić information content (AvgIpc) is 2.45. The van der Waals surface area contributed by atoms with Crippen LogP contribution < -0.4 is 5.32 Å². The third-order valence-corrected chi connectivity index (χ3v) is 3.51. The van der Waals surface area contributed by atoms with Gasteiger partial charge in [-0.05, 0) is 55.3 Å². The van der Waals surface area contributed by atoms with Crippen LogP contribution in [-0.4, -0.2) is 12.0 Å². The number of rotatable bonds is 4. The lowest BCUT2D eigenvalue weighted by Crippen LogP contribution is -2.20. The minimum Gasteiger partial charge on any atom is -0.313 e. The zero-order valence-electron chi connectivity index (χ0n) is 11.9. The van der Waals surface area contributed by atoms with Gasteiger partial charge < -0.3 is 5.32 Å². The summed E-state index contributed by atoms with van der Waals surface area (Å²) in [5.74, 6) is 0. The molecule has 0 amide bonds. The zero-order valence-corrected chi connectivity index (χ0v) is 11.9. The molecule has 1 heterocycles. The van der Waals surface area contributed by atoms with E-state index in [1.54, 1.807) is 12.4 Å². The van der Waals surface area contributed by atoms with Crippen molar-refractivity contribution in [1.82, 2.24) is 10.3 Å². The molecule has 0 spiro atoms. The van der Waals surface area contributed by atoms with Crippen LogP contribution in [-0.2, 0) is 12.6 Å². The number of nitrogens with zero attached hydrogens (tertiary/aromatic N) is 1. The Hall–Kier alpha value is -1.88. The Bertz CT molecular complexity index is 591. The van der Waals surface area contributed by atoms with Crippen LogP contribution in [0.4, 0.5) is 13.2 Å². The molecular weight excluding hydrogens is 277 g/mol. The van der Waals surface area contributed by atoms with Gasteiger partial charge in [0.15, 0.2) is 0 Å². The molecule has 1 aromatic carbocycles. The summed E-state index contributed by atoms with van der Waals surface area (Å²) in [5, 5.41) is 3.20. The highest BCUT2D eigenvalue weighted by Crippen LogP contribution is 2.30. The van der Waals surface area contributed by atoms with Crippen LogP contribution in [0.2, 0.25) is 0 Å². The SMILES string of the molecule is CNC(Cc1ccc(C(F)(F)F)cc1)c1ccncc1C. The average molecular weight is 294 g/mol. The molecule has 1 unspecified atom stereocenters. The Morgan fingerprint density at radius 2 is 1.81 bits per heavy atom. The molecule has 5 heteroatoms. The van der Waals surface area contributed by atoms with E-state index in [0.717, 1.165) is 28.8 Å².